The van der Waals surface area contributed by atoms with Gasteiger partial charge in [-0.1, -0.05) is 6.08 Å². The van der Waals surface area contributed by atoms with Gasteiger partial charge in [-0.25, -0.2) is 4.79 Å². The van der Waals surface area contributed by atoms with Gasteiger partial charge in [0.2, 0.25) is 0 Å². The van der Waals surface area contributed by atoms with E-state index < -0.39 is 0 Å². The van der Waals surface area contributed by atoms with Gasteiger partial charge in [0.1, 0.15) is 6.61 Å². The number of amides is 1. The predicted octanol–water partition coefficient (Wildman–Crippen LogP) is 1.40. The van der Waals surface area contributed by atoms with E-state index in [1.807, 2.05) is 6.92 Å². The summed E-state index contributed by atoms with van der Waals surface area (Å²) in [5.41, 5.74) is -0.182. The van der Waals surface area contributed by atoms with Gasteiger partial charge in [-0.05, 0) is 13.3 Å². The van der Waals surface area contributed by atoms with E-state index in [2.05, 4.69) is 6.58 Å². The second-order valence-electron chi connectivity index (χ2n) is 3.10. The summed E-state index contributed by atoms with van der Waals surface area (Å²) < 4.78 is 4.87. The average molecular weight is 155 g/mol. The first-order valence-electron chi connectivity index (χ1n) is 3.61. The Bertz CT molecular complexity index is 191. The van der Waals surface area contributed by atoms with Crippen LogP contribution in [0.1, 0.15) is 13.3 Å². The number of ether oxygens (including phenoxy) is 1. The first-order chi connectivity index (χ1) is 5.10. The van der Waals surface area contributed by atoms with Gasteiger partial charge in [0.15, 0.2) is 0 Å². The Labute approximate surface area is 66.6 Å². The first kappa shape index (κ1) is 8.11. The van der Waals surface area contributed by atoms with E-state index in [1.165, 1.54) is 0 Å². The molecule has 3 heteroatoms. The molecule has 1 atom stereocenters. The maximum atomic E-state index is 10.9. The molecule has 1 aliphatic rings. The first-order valence-corrected chi connectivity index (χ1v) is 3.61. The van der Waals surface area contributed by atoms with Gasteiger partial charge in [0.05, 0.1) is 5.54 Å². The summed E-state index contributed by atoms with van der Waals surface area (Å²) in [6.07, 6.45) is 2.34. The number of rotatable bonds is 2. The van der Waals surface area contributed by atoms with Gasteiger partial charge in [0, 0.05) is 7.05 Å². The monoisotopic (exact) mass is 155 g/mol. The van der Waals surface area contributed by atoms with Crippen LogP contribution in [-0.4, -0.2) is 30.2 Å². The van der Waals surface area contributed by atoms with Crippen molar-refractivity contribution in [2.45, 2.75) is 18.9 Å². The zero-order valence-corrected chi connectivity index (χ0v) is 6.96. The molecule has 0 aliphatic carbocycles. The molecule has 1 saturated heterocycles. The molecule has 0 bridgehead atoms. The highest BCUT2D eigenvalue weighted by molar-refractivity contribution is 5.70. The van der Waals surface area contributed by atoms with E-state index in [0.29, 0.717) is 6.61 Å². The van der Waals surface area contributed by atoms with Gasteiger partial charge >= 0.3 is 6.09 Å². The van der Waals surface area contributed by atoms with Crippen LogP contribution in [0.2, 0.25) is 0 Å². The molecule has 3 nitrogen and oxygen atoms in total. The van der Waals surface area contributed by atoms with Crippen molar-refractivity contribution >= 4 is 6.09 Å². The van der Waals surface area contributed by atoms with Crippen molar-refractivity contribution in [2.75, 3.05) is 13.7 Å². The molecule has 0 aromatic heterocycles. The van der Waals surface area contributed by atoms with Crippen molar-refractivity contribution < 1.29 is 9.53 Å². The fourth-order valence-electron chi connectivity index (χ4n) is 1.14. The van der Waals surface area contributed by atoms with E-state index in [9.17, 15) is 4.79 Å². The molecule has 1 fully saturated rings. The topological polar surface area (TPSA) is 29.5 Å². The lowest BCUT2D eigenvalue weighted by atomic mass is 9.99. The fourth-order valence-corrected chi connectivity index (χ4v) is 1.14. The largest absolute Gasteiger partial charge is 0.447 e. The number of carbonyl (C=O) groups is 1. The Morgan fingerprint density at radius 2 is 2.55 bits per heavy atom. The Morgan fingerprint density at radius 1 is 1.91 bits per heavy atom. The fraction of sp³-hybridized carbons (Fsp3) is 0.625. The number of hydrogen-bond acceptors (Lipinski definition) is 2. The van der Waals surface area contributed by atoms with Crippen molar-refractivity contribution in [2.24, 2.45) is 0 Å². The number of likely N-dealkylation sites (N-methyl/N-ethyl adjacent to an activating group) is 1. The van der Waals surface area contributed by atoms with Crippen LogP contribution in [0, 0.1) is 0 Å². The minimum Gasteiger partial charge on any atom is -0.447 e. The molecule has 0 aromatic rings. The summed E-state index contributed by atoms with van der Waals surface area (Å²) >= 11 is 0. The van der Waals surface area contributed by atoms with E-state index in [0.717, 1.165) is 6.42 Å². The third kappa shape index (κ3) is 1.23. The summed E-state index contributed by atoms with van der Waals surface area (Å²) in [6, 6.07) is 0. The average Bonchev–Trinajstić information content (AvgIpc) is 2.19. The van der Waals surface area contributed by atoms with Crippen molar-refractivity contribution in [3.8, 4) is 0 Å². The highest BCUT2D eigenvalue weighted by Gasteiger charge is 2.39. The summed E-state index contributed by atoms with van der Waals surface area (Å²) in [6.45, 7) is 6.09. The van der Waals surface area contributed by atoms with Crippen LogP contribution in [0.25, 0.3) is 0 Å². The van der Waals surface area contributed by atoms with Crippen LogP contribution in [0.4, 0.5) is 4.79 Å². The van der Waals surface area contributed by atoms with Gasteiger partial charge < -0.3 is 9.64 Å². The molecule has 1 heterocycles. The van der Waals surface area contributed by atoms with Crippen LogP contribution >= 0.6 is 0 Å². The second-order valence-corrected chi connectivity index (χ2v) is 3.10. The summed E-state index contributed by atoms with van der Waals surface area (Å²) in [7, 11) is 1.75. The third-order valence-electron chi connectivity index (χ3n) is 2.17. The van der Waals surface area contributed by atoms with Crippen molar-refractivity contribution in [3.63, 3.8) is 0 Å². The zero-order chi connectivity index (χ0) is 8.48. The maximum absolute atomic E-state index is 10.9. The molecule has 1 aliphatic heterocycles. The van der Waals surface area contributed by atoms with Crippen LogP contribution in [0.3, 0.4) is 0 Å². The van der Waals surface area contributed by atoms with Crippen molar-refractivity contribution in [3.05, 3.63) is 12.7 Å². The standard InChI is InChI=1S/C8H13NO2/c1-4-5-8(2)6-11-7(10)9(8)3/h4H,1,5-6H2,2-3H3. The molecule has 0 spiro atoms. The molecular weight excluding hydrogens is 142 g/mol. The Balaban J connectivity index is 2.71. The summed E-state index contributed by atoms with van der Waals surface area (Å²) in [5.74, 6) is 0. The number of nitrogens with zero attached hydrogens (tertiary/aromatic N) is 1. The number of carbonyl (C=O) groups excluding carboxylic acids is 1. The molecule has 1 unspecified atom stereocenters. The van der Waals surface area contributed by atoms with E-state index >= 15 is 0 Å². The van der Waals surface area contributed by atoms with Gasteiger partial charge in [0.25, 0.3) is 0 Å². The van der Waals surface area contributed by atoms with E-state index in [-0.39, 0.29) is 11.6 Å². The van der Waals surface area contributed by atoms with Crippen LogP contribution < -0.4 is 0 Å². The van der Waals surface area contributed by atoms with Gasteiger partial charge in [-0.2, -0.15) is 0 Å². The summed E-state index contributed by atoms with van der Waals surface area (Å²) in [4.78, 5) is 12.6. The molecule has 1 rings (SSSR count). The van der Waals surface area contributed by atoms with Gasteiger partial charge in [-0.15, -0.1) is 6.58 Å². The number of hydrogen-bond donors (Lipinski definition) is 0. The molecule has 0 saturated carbocycles. The minimum absolute atomic E-state index is 0.182. The molecule has 1 amide bonds. The zero-order valence-electron chi connectivity index (χ0n) is 6.96. The lowest BCUT2D eigenvalue weighted by Gasteiger charge is -2.26. The normalized spacial score (nSPS) is 30.4. The van der Waals surface area contributed by atoms with Gasteiger partial charge in [-0.3, -0.25) is 0 Å². The smallest absolute Gasteiger partial charge is 0.410 e. The van der Waals surface area contributed by atoms with E-state index in [1.54, 1.807) is 18.0 Å². The lowest BCUT2D eigenvalue weighted by molar-refractivity contribution is 0.162. The highest BCUT2D eigenvalue weighted by Crippen LogP contribution is 2.25. The molecule has 0 N–H and O–H groups in total. The minimum atomic E-state index is -0.241. The second kappa shape index (κ2) is 2.57. The Hall–Kier alpha value is -0.990. The van der Waals surface area contributed by atoms with Crippen LogP contribution in [0.15, 0.2) is 12.7 Å². The molecule has 0 radical (unpaired) electrons. The van der Waals surface area contributed by atoms with E-state index in [4.69, 9.17) is 4.74 Å². The maximum Gasteiger partial charge on any atom is 0.410 e. The van der Waals surface area contributed by atoms with Crippen molar-refractivity contribution in [1.82, 2.24) is 4.90 Å². The van der Waals surface area contributed by atoms with Crippen molar-refractivity contribution in [1.29, 1.82) is 0 Å². The number of cyclic esters (lactones) is 1. The Kier molecular flexibility index (Phi) is 1.89. The van der Waals surface area contributed by atoms with Crippen LogP contribution in [-0.2, 0) is 4.74 Å². The predicted molar refractivity (Wildman–Crippen MR) is 42.3 cm³/mol. The SMILES string of the molecule is C=CCC1(C)COC(=O)N1C. The third-order valence-corrected chi connectivity index (χ3v) is 2.17. The highest BCUT2D eigenvalue weighted by atomic mass is 16.6. The Morgan fingerprint density at radius 3 is 2.91 bits per heavy atom. The summed E-state index contributed by atoms with van der Waals surface area (Å²) in [5, 5.41) is 0. The van der Waals surface area contributed by atoms with Crippen LogP contribution in [0.5, 0.6) is 0 Å². The quantitative estimate of drug-likeness (QED) is 0.564. The molecule has 11 heavy (non-hydrogen) atoms. The molecule has 0 aromatic carbocycles. The lowest BCUT2D eigenvalue weighted by Crippen LogP contribution is -2.41. The molecular formula is C8H13NO2. The molecule has 62 valence electrons.